The molecule has 0 fully saturated rings. The molecule has 0 unspecified atom stereocenters. The molecule has 0 atom stereocenters. The van der Waals surface area contributed by atoms with Crippen molar-refractivity contribution in [2.45, 2.75) is 0 Å². The molecule has 3 N–H and O–H groups in total. The van der Waals surface area contributed by atoms with Gasteiger partial charge in [0.25, 0.3) is 0 Å². The molecule has 0 saturated carbocycles. The Bertz CT molecular complexity index is 12.4. The van der Waals surface area contributed by atoms with Gasteiger partial charge in [-0.2, -0.15) is 0 Å². The topological polar surface area (TPSA) is 58.8 Å². The summed E-state index contributed by atoms with van der Waals surface area (Å²) >= 11 is 0. The van der Waals surface area contributed by atoms with Crippen molar-refractivity contribution in [1.29, 1.82) is 5.26 Å². The van der Waals surface area contributed by atoms with Gasteiger partial charge < -0.3 is 18.0 Å². The zero-order chi connectivity index (χ0) is 2.00. The summed E-state index contributed by atoms with van der Waals surface area (Å²) in [6.07, 6.45) is 0. The normalized spacial score (nSPS) is 0.400. The third kappa shape index (κ3) is 116. The fourth-order valence-electron chi connectivity index (χ4n) is 0. The average molecular weight is 155 g/mol. The standard InChI is InChI=1S/CN.2Fe.H3N/c1-2;;;/h;;;1H3/q-1;;;. The van der Waals surface area contributed by atoms with Crippen LogP contribution < -0.4 is 6.15 Å². The number of rotatable bonds is 0. The summed E-state index contributed by atoms with van der Waals surface area (Å²) in [5.74, 6) is 0. The third-order valence-corrected chi connectivity index (χ3v) is 0. The summed E-state index contributed by atoms with van der Waals surface area (Å²) in [6, 6.07) is 0. The van der Waals surface area contributed by atoms with Crippen molar-refractivity contribution in [3.05, 3.63) is 6.57 Å². The third-order valence-electron chi connectivity index (χ3n) is 0. The van der Waals surface area contributed by atoms with Crippen LogP contribution in [0.3, 0.4) is 0 Å². The Labute approximate surface area is 52.5 Å². The van der Waals surface area contributed by atoms with E-state index in [1.807, 2.05) is 0 Å². The van der Waals surface area contributed by atoms with E-state index in [-0.39, 0.29) is 40.3 Å². The van der Waals surface area contributed by atoms with Gasteiger partial charge in [0.2, 0.25) is 0 Å². The first kappa shape index (κ1) is 49.9. The van der Waals surface area contributed by atoms with Crippen molar-refractivity contribution < 1.29 is 34.1 Å². The van der Waals surface area contributed by atoms with Crippen LogP contribution >= 0.6 is 0 Å². The molecule has 0 saturated heterocycles. The molecule has 0 aromatic heterocycles. The molecule has 0 aromatic carbocycles. The van der Waals surface area contributed by atoms with Crippen LogP contribution in [0.15, 0.2) is 0 Å². The summed E-state index contributed by atoms with van der Waals surface area (Å²) < 4.78 is 0. The SMILES string of the molecule is N.[C-]#N.[Fe].[Fe]. The summed E-state index contributed by atoms with van der Waals surface area (Å²) in [7, 11) is 0. The molecule has 0 aliphatic heterocycles. The number of nitrogens with zero attached hydrogens (tertiary/aromatic N) is 1. The van der Waals surface area contributed by atoms with E-state index < -0.39 is 0 Å². The molecule has 2 nitrogen and oxygen atoms in total. The van der Waals surface area contributed by atoms with E-state index >= 15 is 0 Å². The molecule has 0 aliphatic carbocycles. The molecule has 5 heavy (non-hydrogen) atoms. The Morgan fingerprint density at radius 1 is 1.00 bits per heavy atom. The minimum Gasteiger partial charge on any atom is -0.512 e. The van der Waals surface area contributed by atoms with Gasteiger partial charge in [0.15, 0.2) is 0 Å². The molecule has 4 heteroatoms. The van der Waals surface area contributed by atoms with Crippen molar-refractivity contribution in [3.63, 3.8) is 0 Å². The van der Waals surface area contributed by atoms with Gasteiger partial charge in [0.1, 0.15) is 0 Å². The van der Waals surface area contributed by atoms with Crippen LogP contribution in [0.1, 0.15) is 0 Å². The summed E-state index contributed by atoms with van der Waals surface area (Å²) in [5, 5.41) is 6.25. The van der Waals surface area contributed by atoms with Crippen LogP contribution in [0.2, 0.25) is 0 Å². The van der Waals surface area contributed by atoms with Gasteiger partial charge in [0.05, 0.1) is 0 Å². The first-order chi connectivity index (χ1) is 1.00. The smallest absolute Gasteiger partial charge is 0 e. The molecule has 0 aliphatic rings. The maximum atomic E-state index is 6.25. The largest absolute Gasteiger partial charge is 0.512 e. The molecule has 0 rings (SSSR count). The monoisotopic (exact) mass is 155 g/mol. The van der Waals surface area contributed by atoms with Crippen LogP contribution in [-0.4, -0.2) is 0 Å². The molecule has 0 aromatic rings. The molecule has 34 valence electrons. The Morgan fingerprint density at radius 2 is 1.00 bits per heavy atom. The second kappa shape index (κ2) is 229. The van der Waals surface area contributed by atoms with Gasteiger partial charge in [-0.1, -0.05) is 0 Å². The fourth-order valence-corrected chi connectivity index (χ4v) is 0. The van der Waals surface area contributed by atoms with Crippen molar-refractivity contribution in [2.24, 2.45) is 0 Å². The first-order valence-electron chi connectivity index (χ1n) is 0.224. The van der Waals surface area contributed by atoms with E-state index in [0.717, 1.165) is 0 Å². The van der Waals surface area contributed by atoms with E-state index in [0.29, 0.717) is 0 Å². The van der Waals surface area contributed by atoms with Gasteiger partial charge in [-0.25, -0.2) is 0 Å². The molecule has 0 radical (unpaired) electrons. The van der Waals surface area contributed by atoms with Crippen molar-refractivity contribution in [2.75, 3.05) is 0 Å². The second-order valence-electron chi connectivity index (χ2n) is 0. The summed E-state index contributed by atoms with van der Waals surface area (Å²) in [4.78, 5) is 0. The maximum absolute atomic E-state index is 6.25. The fraction of sp³-hybridized carbons (Fsp3) is 0. The Balaban J connectivity index is -0.00000000167. The molecular weight excluding hydrogens is 152 g/mol. The van der Waals surface area contributed by atoms with Gasteiger partial charge in [-0.05, 0) is 0 Å². The molecule has 0 heterocycles. The van der Waals surface area contributed by atoms with Gasteiger partial charge in [0, 0.05) is 34.1 Å². The van der Waals surface area contributed by atoms with Crippen LogP contribution in [0.25, 0.3) is 0 Å². The van der Waals surface area contributed by atoms with E-state index in [2.05, 4.69) is 0 Å². The van der Waals surface area contributed by atoms with Gasteiger partial charge >= 0.3 is 0 Å². The second-order valence-corrected chi connectivity index (χ2v) is 0. The molecule has 0 spiro atoms. The Morgan fingerprint density at radius 3 is 1.00 bits per heavy atom. The summed E-state index contributed by atoms with van der Waals surface area (Å²) in [5.41, 5.74) is 0. The zero-order valence-electron chi connectivity index (χ0n) is 2.36. The number of hydrogen-bond donors (Lipinski definition) is 1. The Kier molecular flexibility index (Phi) is 2280. The maximum Gasteiger partial charge on any atom is 0 e. The van der Waals surface area contributed by atoms with E-state index in [9.17, 15) is 0 Å². The van der Waals surface area contributed by atoms with Crippen LogP contribution in [0.5, 0.6) is 0 Å². The van der Waals surface area contributed by atoms with Gasteiger partial charge in [-0.3, -0.25) is 0 Å². The summed E-state index contributed by atoms with van der Waals surface area (Å²) in [6.45, 7) is 4.75. The predicted molar refractivity (Wildman–Crippen MR) is 9.99 cm³/mol. The van der Waals surface area contributed by atoms with Crippen molar-refractivity contribution in [3.8, 4) is 0 Å². The van der Waals surface area contributed by atoms with Crippen LogP contribution in [0, 0.1) is 11.8 Å². The van der Waals surface area contributed by atoms with Crippen LogP contribution in [0.4, 0.5) is 0 Å². The predicted octanol–water partition coefficient (Wildman–Crippen LogP) is 0.253. The molecule has 0 bridgehead atoms. The van der Waals surface area contributed by atoms with Gasteiger partial charge in [-0.15, -0.1) is 0 Å². The van der Waals surface area contributed by atoms with Crippen LogP contribution in [-0.2, 0) is 34.1 Å². The Hall–Kier alpha value is 0.489. The molecular formula is CH3Fe2N2-. The average Bonchev–Trinajstić information content (AvgIpc) is 1.00. The first-order valence-corrected chi connectivity index (χ1v) is 0.224. The van der Waals surface area contributed by atoms with Crippen molar-refractivity contribution in [1.82, 2.24) is 6.15 Å². The zero-order valence-corrected chi connectivity index (χ0v) is 4.57. The number of hydrogen-bond acceptors (Lipinski definition) is 2. The van der Waals surface area contributed by atoms with Crippen molar-refractivity contribution >= 4 is 0 Å². The van der Waals surface area contributed by atoms with E-state index in [4.69, 9.17) is 11.8 Å². The van der Waals surface area contributed by atoms with E-state index in [1.54, 1.807) is 0 Å². The quantitative estimate of drug-likeness (QED) is 0.402. The molecule has 0 amide bonds. The van der Waals surface area contributed by atoms with E-state index in [1.165, 1.54) is 0 Å². The minimum atomic E-state index is 0. The minimum absolute atomic E-state index is 0.